The van der Waals surface area contributed by atoms with Gasteiger partial charge in [0, 0.05) is 6.20 Å². The van der Waals surface area contributed by atoms with Crippen LogP contribution in [0.3, 0.4) is 0 Å². The van der Waals surface area contributed by atoms with E-state index in [0.717, 1.165) is 0 Å². The van der Waals surface area contributed by atoms with Gasteiger partial charge in [-0.2, -0.15) is 5.10 Å². The number of aromatic nitrogens is 2. The maximum absolute atomic E-state index is 10.9. The molecule has 6 heteroatoms. The zero-order valence-corrected chi connectivity index (χ0v) is 8.38. The maximum Gasteiger partial charge on any atom is 0.251 e. The fourth-order valence-corrected chi connectivity index (χ4v) is 1.65. The Morgan fingerprint density at radius 1 is 1.50 bits per heavy atom. The standard InChI is InChI=1S/C8H5Cl2N3O/c9-4-1-6-7(10)5(8(11)14)2-12-13(6)3-4/h1-3H,(H2,11,14). The van der Waals surface area contributed by atoms with Crippen LogP contribution >= 0.6 is 23.2 Å². The van der Waals surface area contributed by atoms with Gasteiger partial charge in [-0.3, -0.25) is 4.79 Å². The van der Waals surface area contributed by atoms with E-state index in [4.69, 9.17) is 28.9 Å². The molecule has 0 unspecified atom stereocenters. The Kier molecular flexibility index (Phi) is 2.09. The van der Waals surface area contributed by atoms with Crippen molar-refractivity contribution in [3.63, 3.8) is 0 Å². The fourth-order valence-electron chi connectivity index (χ4n) is 1.17. The second kappa shape index (κ2) is 3.15. The number of rotatable bonds is 1. The molecule has 4 nitrogen and oxygen atoms in total. The summed E-state index contributed by atoms with van der Waals surface area (Å²) in [7, 11) is 0. The van der Waals surface area contributed by atoms with Gasteiger partial charge in [-0.15, -0.1) is 0 Å². The van der Waals surface area contributed by atoms with Crippen LogP contribution in [0.1, 0.15) is 10.4 Å². The van der Waals surface area contributed by atoms with E-state index in [1.807, 2.05) is 0 Å². The topological polar surface area (TPSA) is 60.4 Å². The van der Waals surface area contributed by atoms with Crippen LogP contribution in [0.2, 0.25) is 10.0 Å². The number of carbonyl (C=O) groups is 1. The van der Waals surface area contributed by atoms with Gasteiger partial charge >= 0.3 is 0 Å². The number of hydrogen-bond acceptors (Lipinski definition) is 2. The van der Waals surface area contributed by atoms with Gasteiger partial charge in [-0.25, -0.2) is 4.52 Å². The predicted molar refractivity (Wildman–Crippen MR) is 53.7 cm³/mol. The first kappa shape index (κ1) is 9.30. The molecule has 0 aliphatic carbocycles. The predicted octanol–water partition coefficient (Wildman–Crippen LogP) is 1.74. The molecule has 0 spiro atoms. The number of carbonyl (C=O) groups excluding carboxylic acids is 1. The van der Waals surface area contributed by atoms with Crippen LogP contribution in [0.4, 0.5) is 0 Å². The van der Waals surface area contributed by atoms with Crippen LogP contribution < -0.4 is 5.73 Å². The minimum Gasteiger partial charge on any atom is -0.366 e. The highest BCUT2D eigenvalue weighted by atomic mass is 35.5. The molecule has 0 atom stereocenters. The molecule has 2 heterocycles. The Labute approximate surface area is 89.2 Å². The summed E-state index contributed by atoms with van der Waals surface area (Å²) in [6, 6.07) is 1.61. The average molecular weight is 230 g/mol. The van der Waals surface area contributed by atoms with Gasteiger partial charge in [-0.05, 0) is 6.07 Å². The highest BCUT2D eigenvalue weighted by molar-refractivity contribution is 6.37. The van der Waals surface area contributed by atoms with E-state index in [2.05, 4.69) is 5.10 Å². The molecule has 0 radical (unpaired) electrons. The smallest absolute Gasteiger partial charge is 0.251 e. The minimum absolute atomic E-state index is 0.189. The Hall–Kier alpha value is -1.26. The Balaban J connectivity index is 2.80. The molecule has 0 saturated carbocycles. The molecule has 2 rings (SSSR count). The van der Waals surface area contributed by atoms with Crippen LogP contribution in [0, 0.1) is 0 Å². The average Bonchev–Trinajstić information content (AvgIpc) is 2.46. The summed E-state index contributed by atoms with van der Waals surface area (Å²) in [5.74, 6) is -0.609. The van der Waals surface area contributed by atoms with Crippen molar-refractivity contribution in [1.29, 1.82) is 0 Å². The molecule has 0 aliphatic rings. The maximum atomic E-state index is 10.9. The summed E-state index contributed by atoms with van der Waals surface area (Å²) in [5.41, 5.74) is 5.86. The van der Waals surface area contributed by atoms with Gasteiger partial charge in [0.05, 0.1) is 27.3 Å². The Bertz CT molecular complexity index is 521. The van der Waals surface area contributed by atoms with E-state index in [1.54, 1.807) is 12.3 Å². The zero-order chi connectivity index (χ0) is 10.3. The summed E-state index contributed by atoms with van der Waals surface area (Å²) in [5, 5.41) is 4.70. The number of nitrogens with zero attached hydrogens (tertiary/aromatic N) is 2. The molecule has 0 saturated heterocycles. The van der Waals surface area contributed by atoms with Crippen molar-refractivity contribution in [3.8, 4) is 0 Å². The van der Waals surface area contributed by atoms with Crippen molar-refractivity contribution in [2.75, 3.05) is 0 Å². The molecule has 2 aromatic heterocycles. The van der Waals surface area contributed by atoms with Crippen LogP contribution in [0.5, 0.6) is 0 Å². The lowest BCUT2D eigenvalue weighted by molar-refractivity contribution is 0.1000. The normalized spacial score (nSPS) is 10.7. The Morgan fingerprint density at radius 3 is 2.86 bits per heavy atom. The van der Waals surface area contributed by atoms with E-state index < -0.39 is 5.91 Å². The number of nitrogens with two attached hydrogens (primary N) is 1. The van der Waals surface area contributed by atoms with Crippen molar-refractivity contribution in [1.82, 2.24) is 9.61 Å². The van der Waals surface area contributed by atoms with Crippen LogP contribution in [-0.2, 0) is 0 Å². The van der Waals surface area contributed by atoms with Crippen molar-refractivity contribution in [2.45, 2.75) is 0 Å². The van der Waals surface area contributed by atoms with Crippen LogP contribution in [0.15, 0.2) is 18.5 Å². The van der Waals surface area contributed by atoms with Gasteiger partial charge < -0.3 is 5.73 Å². The van der Waals surface area contributed by atoms with Crippen molar-refractivity contribution in [3.05, 3.63) is 34.1 Å². The second-order valence-corrected chi connectivity index (χ2v) is 3.54. The number of halogens is 2. The highest BCUT2D eigenvalue weighted by Crippen LogP contribution is 2.24. The quantitative estimate of drug-likeness (QED) is 0.810. The van der Waals surface area contributed by atoms with Crippen molar-refractivity contribution >= 4 is 34.6 Å². The van der Waals surface area contributed by atoms with Crippen molar-refractivity contribution < 1.29 is 4.79 Å². The van der Waals surface area contributed by atoms with Crippen LogP contribution in [-0.4, -0.2) is 15.5 Å². The third-order valence-corrected chi connectivity index (χ3v) is 2.41. The molecule has 1 amide bonds. The molecule has 0 bridgehead atoms. The lowest BCUT2D eigenvalue weighted by Crippen LogP contribution is -2.13. The van der Waals surface area contributed by atoms with Gasteiger partial charge in [0.1, 0.15) is 0 Å². The molecule has 2 N–H and O–H groups in total. The fraction of sp³-hybridized carbons (Fsp3) is 0. The van der Waals surface area contributed by atoms with Gasteiger partial charge in [0.25, 0.3) is 5.91 Å². The third-order valence-electron chi connectivity index (χ3n) is 1.81. The Morgan fingerprint density at radius 2 is 2.21 bits per heavy atom. The van der Waals surface area contributed by atoms with E-state index in [9.17, 15) is 4.79 Å². The molecule has 14 heavy (non-hydrogen) atoms. The molecule has 0 aromatic carbocycles. The molecular formula is C8H5Cl2N3O. The first-order valence-electron chi connectivity index (χ1n) is 3.72. The van der Waals surface area contributed by atoms with Gasteiger partial charge in [0.15, 0.2) is 0 Å². The number of fused-ring (bicyclic) bond motifs is 1. The van der Waals surface area contributed by atoms with Crippen molar-refractivity contribution in [2.24, 2.45) is 5.73 Å². The lowest BCUT2D eigenvalue weighted by atomic mass is 10.3. The second-order valence-electron chi connectivity index (χ2n) is 2.72. The van der Waals surface area contributed by atoms with E-state index >= 15 is 0 Å². The highest BCUT2D eigenvalue weighted by Gasteiger charge is 2.11. The van der Waals surface area contributed by atoms with E-state index in [0.29, 0.717) is 10.5 Å². The molecule has 0 fully saturated rings. The largest absolute Gasteiger partial charge is 0.366 e. The first-order chi connectivity index (χ1) is 6.59. The molecule has 0 aliphatic heterocycles. The summed E-state index contributed by atoms with van der Waals surface area (Å²) >= 11 is 11.7. The number of amides is 1. The van der Waals surface area contributed by atoms with Crippen LogP contribution in [0.25, 0.3) is 5.52 Å². The summed E-state index contributed by atoms with van der Waals surface area (Å²) in [6.07, 6.45) is 2.90. The summed E-state index contributed by atoms with van der Waals surface area (Å²) in [6.45, 7) is 0. The van der Waals surface area contributed by atoms with E-state index in [1.165, 1.54) is 10.7 Å². The monoisotopic (exact) mass is 229 g/mol. The van der Waals surface area contributed by atoms with E-state index in [-0.39, 0.29) is 10.6 Å². The number of primary amides is 1. The lowest BCUT2D eigenvalue weighted by Gasteiger charge is -2.00. The molecule has 72 valence electrons. The molecule has 2 aromatic rings. The first-order valence-corrected chi connectivity index (χ1v) is 4.47. The summed E-state index contributed by atoms with van der Waals surface area (Å²) in [4.78, 5) is 10.9. The SMILES string of the molecule is NC(=O)c1cnn2cc(Cl)cc2c1Cl. The number of hydrogen-bond donors (Lipinski definition) is 1. The van der Waals surface area contributed by atoms with Gasteiger partial charge in [-0.1, -0.05) is 23.2 Å². The molecular weight excluding hydrogens is 225 g/mol. The third kappa shape index (κ3) is 1.32. The summed E-state index contributed by atoms with van der Waals surface area (Å²) < 4.78 is 1.48. The minimum atomic E-state index is -0.609. The zero-order valence-electron chi connectivity index (χ0n) is 6.87. The van der Waals surface area contributed by atoms with Gasteiger partial charge in [0.2, 0.25) is 0 Å².